The minimum absolute atomic E-state index is 0.164. The van der Waals surface area contributed by atoms with Crippen LogP contribution < -0.4 is 15.2 Å². The standard InChI is InChI=1S/C22H28N2O3/c1-26-19-9-10-21(27-2)17(12-19)8-11-22(25)24-14-18(13-23)20(15-24)16-6-4-3-5-7-16/h3-7,9-10,12,18,20H,8,11,13-15,23H2,1-2H3/t18-,20+/m1/s1. The minimum Gasteiger partial charge on any atom is -0.497 e. The predicted molar refractivity (Wildman–Crippen MR) is 106 cm³/mol. The maximum atomic E-state index is 12.8. The summed E-state index contributed by atoms with van der Waals surface area (Å²) in [5.41, 5.74) is 8.24. The predicted octanol–water partition coefficient (Wildman–Crippen LogP) is 2.84. The molecule has 3 rings (SSSR count). The highest BCUT2D eigenvalue weighted by molar-refractivity contribution is 5.77. The van der Waals surface area contributed by atoms with Gasteiger partial charge in [0.2, 0.25) is 5.91 Å². The van der Waals surface area contributed by atoms with Gasteiger partial charge in [-0.15, -0.1) is 0 Å². The fourth-order valence-corrected chi connectivity index (χ4v) is 3.87. The second-order valence-electron chi connectivity index (χ2n) is 6.99. The molecule has 1 amide bonds. The monoisotopic (exact) mass is 368 g/mol. The number of carbonyl (C=O) groups is 1. The van der Waals surface area contributed by atoms with E-state index >= 15 is 0 Å². The number of nitrogens with two attached hydrogens (primary N) is 1. The molecule has 0 unspecified atom stereocenters. The number of ether oxygens (including phenoxy) is 2. The van der Waals surface area contributed by atoms with Gasteiger partial charge in [0.15, 0.2) is 0 Å². The molecule has 144 valence electrons. The van der Waals surface area contributed by atoms with Gasteiger partial charge in [-0.3, -0.25) is 4.79 Å². The zero-order valence-electron chi connectivity index (χ0n) is 16.1. The van der Waals surface area contributed by atoms with Gasteiger partial charge in [-0.2, -0.15) is 0 Å². The Labute approximate surface area is 161 Å². The Balaban J connectivity index is 1.65. The van der Waals surface area contributed by atoms with Crippen molar-refractivity contribution in [2.45, 2.75) is 18.8 Å². The van der Waals surface area contributed by atoms with Gasteiger partial charge in [-0.05, 0) is 48.2 Å². The van der Waals surface area contributed by atoms with E-state index in [4.69, 9.17) is 15.2 Å². The van der Waals surface area contributed by atoms with E-state index in [1.165, 1.54) is 5.56 Å². The number of hydrogen-bond acceptors (Lipinski definition) is 4. The van der Waals surface area contributed by atoms with Gasteiger partial charge in [-0.1, -0.05) is 30.3 Å². The lowest BCUT2D eigenvalue weighted by Crippen LogP contribution is -2.30. The summed E-state index contributed by atoms with van der Waals surface area (Å²) in [5, 5.41) is 0. The van der Waals surface area contributed by atoms with E-state index in [0.717, 1.165) is 30.2 Å². The van der Waals surface area contributed by atoms with Crippen LogP contribution in [0.5, 0.6) is 11.5 Å². The zero-order valence-corrected chi connectivity index (χ0v) is 16.1. The van der Waals surface area contributed by atoms with Crippen LogP contribution in [0, 0.1) is 5.92 Å². The summed E-state index contributed by atoms with van der Waals surface area (Å²) in [6, 6.07) is 16.0. The normalized spacial score (nSPS) is 19.1. The summed E-state index contributed by atoms with van der Waals surface area (Å²) in [6.07, 6.45) is 1.07. The molecule has 27 heavy (non-hydrogen) atoms. The molecule has 0 saturated carbocycles. The third-order valence-electron chi connectivity index (χ3n) is 5.42. The molecular formula is C22H28N2O3. The molecule has 0 radical (unpaired) electrons. The van der Waals surface area contributed by atoms with Crippen LogP contribution in [0.25, 0.3) is 0 Å². The smallest absolute Gasteiger partial charge is 0.222 e. The SMILES string of the molecule is COc1ccc(OC)c(CCC(=O)N2C[C@@H](CN)[C@H](c3ccccc3)C2)c1. The Bertz CT molecular complexity index is 763. The van der Waals surface area contributed by atoms with Crippen molar-refractivity contribution in [3.8, 4) is 11.5 Å². The Morgan fingerprint density at radius 3 is 2.56 bits per heavy atom. The van der Waals surface area contributed by atoms with Crippen molar-refractivity contribution in [1.29, 1.82) is 0 Å². The molecule has 2 aromatic carbocycles. The molecule has 5 heteroatoms. The lowest BCUT2D eigenvalue weighted by atomic mass is 9.89. The molecule has 1 aliphatic heterocycles. The molecule has 0 bridgehead atoms. The average Bonchev–Trinajstić information content (AvgIpc) is 3.17. The van der Waals surface area contributed by atoms with E-state index in [9.17, 15) is 4.79 Å². The molecule has 1 aliphatic rings. The average molecular weight is 368 g/mol. The molecule has 2 aromatic rings. The van der Waals surface area contributed by atoms with Crippen LogP contribution in [0.1, 0.15) is 23.5 Å². The van der Waals surface area contributed by atoms with E-state index in [0.29, 0.717) is 31.2 Å². The third kappa shape index (κ3) is 4.42. The molecule has 1 heterocycles. The number of amides is 1. The van der Waals surface area contributed by atoms with Crippen molar-refractivity contribution >= 4 is 5.91 Å². The lowest BCUT2D eigenvalue weighted by Gasteiger charge is -2.17. The summed E-state index contributed by atoms with van der Waals surface area (Å²) < 4.78 is 10.7. The van der Waals surface area contributed by atoms with Crippen LogP contribution >= 0.6 is 0 Å². The molecule has 2 atom stereocenters. The highest BCUT2D eigenvalue weighted by Gasteiger charge is 2.34. The van der Waals surface area contributed by atoms with Crippen LogP contribution in [-0.4, -0.2) is 44.7 Å². The fourth-order valence-electron chi connectivity index (χ4n) is 3.87. The first kappa shape index (κ1) is 19.2. The molecular weight excluding hydrogens is 340 g/mol. The van der Waals surface area contributed by atoms with Crippen LogP contribution in [0.3, 0.4) is 0 Å². The van der Waals surface area contributed by atoms with Crippen molar-refractivity contribution in [2.75, 3.05) is 33.9 Å². The van der Waals surface area contributed by atoms with Crippen LogP contribution in [0.4, 0.5) is 0 Å². The number of hydrogen-bond donors (Lipinski definition) is 1. The maximum absolute atomic E-state index is 12.8. The summed E-state index contributed by atoms with van der Waals surface area (Å²) in [7, 11) is 3.28. The second-order valence-corrected chi connectivity index (χ2v) is 6.99. The van der Waals surface area contributed by atoms with Crippen molar-refractivity contribution < 1.29 is 14.3 Å². The quantitative estimate of drug-likeness (QED) is 0.816. The van der Waals surface area contributed by atoms with Gasteiger partial charge < -0.3 is 20.1 Å². The van der Waals surface area contributed by atoms with Crippen molar-refractivity contribution in [3.05, 3.63) is 59.7 Å². The largest absolute Gasteiger partial charge is 0.497 e. The van der Waals surface area contributed by atoms with Gasteiger partial charge in [0.05, 0.1) is 14.2 Å². The van der Waals surface area contributed by atoms with Crippen LogP contribution in [0.2, 0.25) is 0 Å². The number of methoxy groups -OCH3 is 2. The number of aryl methyl sites for hydroxylation is 1. The summed E-state index contributed by atoms with van der Waals surface area (Å²) >= 11 is 0. The summed E-state index contributed by atoms with van der Waals surface area (Å²) in [5.74, 6) is 2.34. The first-order chi connectivity index (χ1) is 13.2. The highest BCUT2D eigenvalue weighted by atomic mass is 16.5. The molecule has 0 aromatic heterocycles. The molecule has 2 N–H and O–H groups in total. The first-order valence-electron chi connectivity index (χ1n) is 9.40. The third-order valence-corrected chi connectivity index (χ3v) is 5.42. The molecule has 5 nitrogen and oxygen atoms in total. The van der Waals surface area contributed by atoms with Gasteiger partial charge in [0, 0.05) is 25.4 Å². The molecule has 0 spiro atoms. The molecule has 1 fully saturated rings. The van der Waals surface area contributed by atoms with E-state index in [2.05, 4.69) is 12.1 Å². The Hall–Kier alpha value is -2.53. The van der Waals surface area contributed by atoms with E-state index in [1.807, 2.05) is 41.3 Å². The van der Waals surface area contributed by atoms with Crippen molar-refractivity contribution in [1.82, 2.24) is 4.90 Å². The van der Waals surface area contributed by atoms with Gasteiger partial charge >= 0.3 is 0 Å². The van der Waals surface area contributed by atoms with Gasteiger partial charge in [0.1, 0.15) is 11.5 Å². The Morgan fingerprint density at radius 1 is 1.11 bits per heavy atom. The van der Waals surface area contributed by atoms with Gasteiger partial charge in [0.25, 0.3) is 0 Å². The topological polar surface area (TPSA) is 64.8 Å². The van der Waals surface area contributed by atoms with Gasteiger partial charge in [-0.25, -0.2) is 0 Å². The van der Waals surface area contributed by atoms with Crippen molar-refractivity contribution in [3.63, 3.8) is 0 Å². The highest BCUT2D eigenvalue weighted by Crippen LogP contribution is 2.33. The minimum atomic E-state index is 0.164. The zero-order chi connectivity index (χ0) is 19.2. The van der Waals surface area contributed by atoms with Crippen LogP contribution in [0.15, 0.2) is 48.5 Å². The number of benzene rings is 2. The number of nitrogens with zero attached hydrogens (tertiary/aromatic N) is 1. The van der Waals surface area contributed by atoms with E-state index in [1.54, 1.807) is 14.2 Å². The molecule has 0 aliphatic carbocycles. The van der Waals surface area contributed by atoms with Crippen LogP contribution in [-0.2, 0) is 11.2 Å². The Kier molecular flexibility index (Phi) is 6.35. The Morgan fingerprint density at radius 2 is 1.89 bits per heavy atom. The van der Waals surface area contributed by atoms with E-state index < -0.39 is 0 Å². The van der Waals surface area contributed by atoms with E-state index in [-0.39, 0.29) is 5.91 Å². The first-order valence-corrected chi connectivity index (χ1v) is 9.40. The number of carbonyl (C=O) groups excluding carboxylic acids is 1. The summed E-state index contributed by atoms with van der Waals surface area (Å²) in [6.45, 7) is 2.05. The van der Waals surface area contributed by atoms with Crippen molar-refractivity contribution in [2.24, 2.45) is 11.7 Å². The fraction of sp³-hybridized carbons (Fsp3) is 0.409. The summed E-state index contributed by atoms with van der Waals surface area (Å²) in [4.78, 5) is 14.8. The number of rotatable bonds is 7. The second kappa shape index (κ2) is 8.91. The lowest BCUT2D eigenvalue weighted by molar-refractivity contribution is -0.130. The number of likely N-dealkylation sites (tertiary alicyclic amines) is 1. The maximum Gasteiger partial charge on any atom is 0.222 e. The molecule has 1 saturated heterocycles.